The van der Waals surface area contributed by atoms with Gasteiger partial charge in [-0.2, -0.15) is 0 Å². The summed E-state index contributed by atoms with van der Waals surface area (Å²) >= 11 is 0. The molecule has 2 unspecified atom stereocenters. The maximum atomic E-state index is 9.78. The first kappa shape index (κ1) is 11.9. The molecule has 84 valence electrons. The first-order valence-electron chi connectivity index (χ1n) is 4.73. The average molecular weight is 212 g/mol. The molecular weight excluding hydrogens is 196 g/mol. The SMILES string of the molecule is NNc1ccccc1C(O)C(O)CCO. The lowest BCUT2D eigenvalue weighted by atomic mass is 10.0. The number of hydrazine groups is 1. The second-order valence-electron chi connectivity index (χ2n) is 3.26. The van der Waals surface area contributed by atoms with Crippen LogP contribution < -0.4 is 11.3 Å². The van der Waals surface area contributed by atoms with E-state index in [9.17, 15) is 10.2 Å². The third kappa shape index (κ3) is 2.90. The minimum atomic E-state index is -1.05. The summed E-state index contributed by atoms with van der Waals surface area (Å²) in [6.07, 6.45) is -1.92. The van der Waals surface area contributed by atoms with Crippen molar-refractivity contribution in [3.05, 3.63) is 29.8 Å². The van der Waals surface area contributed by atoms with Crippen LogP contribution in [0.5, 0.6) is 0 Å². The van der Waals surface area contributed by atoms with Gasteiger partial charge in [-0.25, -0.2) is 0 Å². The van der Waals surface area contributed by atoms with Gasteiger partial charge in [0.25, 0.3) is 0 Å². The van der Waals surface area contributed by atoms with Crippen LogP contribution in [0.1, 0.15) is 18.1 Å². The van der Waals surface area contributed by atoms with Gasteiger partial charge in [-0.05, 0) is 12.5 Å². The maximum Gasteiger partial charge on any atom is 0.107 e. The number of rotatable bonds is 5. The molecule has 1 aromatic carbocycles. The first-order valence-corrected chi connectivity index (χ1v) is 4.73. The van der Waals surface area contributed by atoms with E-state index in [1.165, 1.54) is 0 Å². The highest BCUT2D eigenvalue weighted by molar-refractivity contribution is 5.51. The summed E-state index contributed by atoms with van der Waals surface area (Å²) < 4.78 is 0. The van der Waals surface area contributed by atoms with E-state index < -0.39 is 12.2 Å². The Labute approximate surface area is 88.1 Å². The Morgan fingerprint density at radius 2 is 1.93 bits per heavy atom. The predicted octanol–water partition coefficient (Wildman–Crippen LogP) is -0.251. The van der Waals surface area contributed by atoms with E-state index in [2.05, 4.69) is 5.43 Å². The van der Waals surface area contributed by atoms with Crippen molar-refractivity contribution in [1.29, 1.82) is 0 Å². The Kier molecular flexibility index (Phi) is 4.51. The summed E-state index contributed by atoms with van der Waals surface area (Å²) in [4.78, 5) is 0. The van der Waals surface area contributed by atoms with Gasteiger partial charge in [0.15, 0.2) is 0 Å². The summed E-state index contributed by atoms with van der Waals surface area (Å²) in [6.45, 7) is -0.170. The van der Waals surface area contributed by atoms with Crippen LogP contribution >= 0.6 is 0 Å². The minimum absolute atomic E-state index is 0.125. The molecule has 0 aliphatic heterocycles. The predicted molar refractivity (Wildman–Crippen MR) is 56.9 cm³/mol. The fourth-order valence-corrected chi connectivity index (χ4v) is 1.38. The van der Waals surface area contributed by atoms with Crippen LogP contribution in [0.15, 0.2) is 24.3 Å². The number of aliphatic hydroxyl groups is 3. The van der Waals surface area contributed by atoms with Crippen LogP contribution in [-0.4, -0.2) is 28.0 Å². The van der Waals surface area contributed by atoms with Gasteiger partial charge in [-0.3, -0.25) is 5.84 Å². The van der Waals surface area contributed by atoms with Crippen molar-refractivity contribution in [3.63, 3.8) is 0 Å². The van der Waals surface area contributed by atoms with Crippen LogP contribution in [0.25, 0.3) is 0 Å². The number of anilines is 1. The topological polar surface area (TPSA) is 98.7 Å². The summed E-state index contributed by atoms with van der Waals surface area (Å²) in [7, 11) is 0. The van der Waals surface area contributed by atoms with E-state index in [-0.39, 0.29) is 13.0 Å². The highest BCUT2D eigenvalue weighted by atomic mass is 16.3. The first-order chi connectivity index (χ1) is 7.20. The number of para-hydroxylation sites is 1. The fourth-order valence-electron chi connectivity index (χ4n) is 1.38. The molecule has 0 aromatic heterocycles. The Morgan fingerprint density at radius 1 is 1.27 bits per heavy atom. The van der Waals surface area contributed by atoms with Crippen molar-refractivity contribution in [3.8, 4) is 0 Å². The lowest BCUT2D eigenvalue weighted by molar-refractivity contribution is 0.00457. The maximum absolute atomic E-state index is 9.78. The Hall–Kier alpha value is -1.14. The molecule has 5 nitrogen and oxygen atoms in total. The normalized spacial score (nSPS) is 14.7. The van der Waals surface area contributed by atoms with Crippen LogP contribution in [0.3, 0.4) is 0 Å². The van der Waals surface area contributed by atoms with Crippen molar-refractivity contribution in [2.24, 2.45) is 5.84 Å². The van der Waals surface area contributed by atoms with E-state index in [4.69, 9.17) is 10.9 Å². The molecule has 0 fully saturated rings. The van der Waals surface area contributed by atoms with Gasteiger partial charge in [-0.1, -0.05) is 18.2 Å². The zero-order valence-electron chi connectivity index (χ0n) is 8.30. The van der Waals surface area contributed by atoms with Gasteiger partial charge in [-0.15, -0.1) is 0 Å². The van der Waals surface area contributed by atoms with Gasteiger partial charge in [0.2, 0.25) is 0 Å². The molecule has 0 bridgehead atoms. The Bertz CT molecular complexity index is 306. The van der Waals surface area contributed by atoms with Gasteiger partial charge in [0.05, 0.1) is 11.8 Å². The van der Waals surface area contributed by atoms with Crippen LogP contribution in [-0.2, 0) is 0 Å². The van der Waals surface area contributed by atoms with E-state index in [0.717, 1.165) is 0 Å². The quantitative estimate of drug-likeness (QED) is 0.342. The molecule has 0 saturated carbocycles. The van der Waals surface area contributed by atoms with Gasteiger partial charge in [0, 0.05) is 12.2 Å². The molecule has 0 amide bonds. The third-order valence-corrected chi connectivity index (χ3v) is 2.22. The molecule has 0 heterocycles. The Morgan fingerprint density at radius 3 is 2.53 bits per heavy atom. The molecule has 0 radical (unpaired) electrons. The van der Waals surface area contributed by atoms with E-state index in [0.29, 0.717) is 11.3 Å². The zero-order valence-corrected chi connectivity index (χ0v) is 8.30. The van der Waals surface area contributed by atoms with Crippen molar-refractivity contribution in [2.75, 3.05) is 12.0 Å². The van der Waals surface area contributed by atoms with Crippen molar-refractivity contribution in [2.45, 2.75) is 18.6 Å². The number of nitrogen functional groups attached to an aromatic ring is 1. The van der Waals surface area contributed by atoms with E-state index in [1.54, 1.807) is 24.3 Å². The molecule has 1 rings (SSSR count). The lowest BCUT2D eigenvalue weighted by Gasteiger charge is -2.19. The average Bonchev–Trinajstić information content (AvgIpc) is 2.28. The third-order valence-electron chi connectivity index (χ3n) is 2.22. The number of hydrogen-bond donors (Lipinski definition) is 5. The molecule has 0 saturated heterocycles. The monoisotopic (exact) mass is 212 g/mol. The molecule has 1 aromatic rings. The number of nitrogens with two attached hydrogens (primary N) is 1. The molecule has 15 heavy (non-hydrogen) atoms. The van der Waals surface area contributed by atoms with Gasteiger partial charge >= 0.3 is 0 Å². The molecule has 6 N–H and O–H groups in total. The van der Waals surface area contributed by atoms with Crippen molar-refractivity contribution >= 4 is 5.69 Å². The summed E-state index contributed by atoms with van der Waals surface area (Å²) in [5, 5.41) is 27.9. The standard InChI is InChI=1S/C10H16N2O3/c11-12-8-4-2-1-3-7(8)10(15)9(14)5-6-13/h1-4,9-10,12-15H,5-6,11H2. The summed E-state index contributed by atoms with van der Waals surface area (Å²) in [5.41, 5.74) is 3.51. The number of benzene rings is 1. The molecule has 0 aliphatic carbocycles. The number of aliphatic hydroxyl groups excluding tert-OH is 3. The van der Waals surface area contributed by atoms with Gasteiger partial charge < -0.3 is 20.7 Å². The molecule has 2 atom stereocenters. The Balaban J connectivity index is 2.84. The summed E-state index contributed by atoms with van der Waals surface area (Å²) in [6, 6.07) is 6.87. The molecular formula is C10H16N2O3. The summed E-state index contributed by atoms with van der Waals surface area (Å²) in [5.74, 6) is 5.27. The highest BCUT2D eigenvalue weighted by Gasteiger charge is 2.19. The van der Waals surface area contributed by atoms with E-state index in [1.807, 2.05) is 0 Å². The largest absolute Gasteiger partial charge is 0.396 e. The minimum Gasteiger partial charge on any atom is -0.396 e. The van der Waals surface area contributed by atoms with E-state index >= 15 is 0 Å². The van der Waals surface area contributed by atoms with Crippen molar-refractivity contribution < 1.29 is 15.3 Å². The second kappa shape index (κ2) is 5.67. The lowest BCUT2D eigenvalue weighted by Crippen LogP contribution is -2.21. The van der Waals surface area contributed by atoms with Crippen LogP contribution in [0.4, 0.5) is 5.69 Å². The molecule has 0 spiro atoms. The number of hydrogen-bond acceptors (Lipinski definition) is 5. The smallest absolute Gasteiger partial charge is 0.107 e. The van der Waals surface area contributed by atoms with Gasteiger partial charge in [0.1, 0.15) is 6.10 Å². The number of nitrogens with one attached hydrogen (secondary N) is 1. The van der Waals surface area contributed by atoms with Crippen LogP contribution in [0, 0.1) is 0 Å². The second-order valence-corrected chi connectivity index (χ2v) is 3.26. The zero-order chi connectivity index (χ0) is 11.3. The highest BCUT2D eigenvalue weighted by Crippen LogP contribution is 2.25. The molecule has 0 aliphatic rings. The van der Waals surface area contributed by atoms with Crippen LogP contribution in [0.2, 0.25) is 0 Å². The molecule has 5 heteroatoms. The van der Waals surface area contributed by atoms with Crippen molar-refractivity contribution in [1.82, 2.24) is 0 Å². The fraction of sp³-hybridized carbons (Fsp3) is 0.400.